The first kappa shape index (κ1) is 15.3. The Morgan fingerprint density at radius 1 is 1.16 bits per heavy atom. The van der Waals surface area contributed by atoms with Gasteiger partial charge in [-0.15, -0.1) is 0 Å². The first-order chi connectivity index (χ1) is 12.2. The minimum atomic E-state index is -1.07. The second kappa shape index (κ2) is 5.99. The molecule has 6 heteroatoms. The summed E-state index contributed by atoms with van der Waals surface area (Å²) in [4.78, 5) is 23.2. The van der Waals surface area contributed by atoms with Crippen LogP contribution in [0.2, 0.25) is 0 Å². The average molecular weight is 333 g/mol. The largest absolute Gasteiger partial charge is 0.477 e. The van der Waals surface area contributed by atoms with Crippen molar-refractivity contribution in [1.82, 2.24) is 15.0 Å². The maximum Gasteiger partial charge on any atom is 0.354 e. The van der Waals surface area contributed by atoms with Gasteiger partial charge in [-0.3, -0.25) is 4.98 Å². The molecule has 0 radical (unpaired) electrons. The number of fused-ring (bicyclic) bond motifs is 3. The van der Waals surface area contributed by atoms with Gasteiger partial charge in [0.15, 0.2) is 5.69 Å². The molecule has 0 unspecified atom stereocenters. The summed E-state index contributed by atoms with van der Waals surface area (Å²) in [6, 6.07) is 9.79. The minimum absolute atomic E-state index is 0.0104. The van der Waals surface area contributed by atoms with Crippen molar-refractivity contribution in [3.05, 3.63) is 60.2 Å². The highest BCUT2D eigenvalue weighted by atomic mass is 16.5. The number of aromatic carboxylic acids is 1. The van der Waals surface area contributed by atoms with E-state index in [0.29, 0.717) is 5.56 Å². The zero-order valence-corrected chi connectivity index (χ0v) is 13.5. The van der Waals surface area contributed by atoms with Crippen LogP contribution >= 0.6 is 0 Å². The van der Waals surface area contributed by atoms with Gasteiger partial charge in [0.05, 0.1) is 18.3 Å². The first-order valence-corrected chi connectivity index (χ1v) is 7.75. The van der Waals surface area contributed by atoms with E-state index in [4.69, 9.17) is 4.74 Å². The van der Waals surface area contributed by atoms with Crippen molar-refractivity contribution >= 4 is 27.8 Å². The number of H-pyrrole nitrogens is 1. The highest BCUT2D eigenvalue weighted by Gasteiger charge is 2.20. The van der Waals surface area contributed by atoms with Gasteiger partial charge in [0.2, 0.25) is 0 Å². The third-order valence-electron chi connectivity index (χ3n) is 4.23. The molecule has 2 N–H and O–H groups in total. The summed E-state index contributed by atoms with van der Waals surface area (Å²) in [7, 11) is 1.54. The Bertz CT molecular complexity index is 1090. The number of rotatable bonds is 4. The zero-order chi connectivity index (χ0) is 17.4. The van der Waals surface area contributed by atoms with Crippen LogP contribution in [-0.4, -0.2) is 33.1 Å². The number of nitrogens with one attached hydrogen (secondary N) is 1. The van der Waals surface area contributed by atoms with Crippen LogP contribution in [0.5, 0.6) is 0 Å². The number of ether oxygens (including phenoxy) is 1. The predicted molar refractivity (Wildman–Crippen MR) is 94.5 cm³/mol. The lowest BCUT2D eigenvalue weighted by atomic mass is 9.98. The molecule has 0 aliphatic rings. The summed E-state index contributed by atoms with van der Waals surface area (Å²) in [6.07, 6.45) is 5.08. The molecule has 0 atom stereocenters. The molecule has 3 heterocycles. The first-order valence-electron chi connectivity index (χ1n) is 7.75. The Labute approximate surface area is 143 Å². The van der Waals surface area contributed by atoms with Crippen LogP contribution in [0.3, 0.4) is 0 Å². The van der Waals surface area contributed by atoms with E-state index in [1.165, 1.54) is 0 Å². The summed E-state index contributed by atoms with van der Waals surface area (Å²) >= 11 is 0. The number of benzene rings is 1. The van der Waals surface area contributed by atoms with Gasteiger partial charge in [-0.1, -0.05) is 18.2 Å². The van der Waals surface area contributed by atoms with Gasteiger partial charge in [0, 0.05) is 46.9 Å². The van der Waals surface area contributed by atoms with Crippen molar-refractivity contribution in [1.29, 1.82) is 0 Å². The summed E-state index contributed by atoms with van der Waals surface area (Å²) in [6.45, 7) is 0.167. The molecule has 0 spiro atoms. The fourth-order valence-corrected chi connectivity index (χ4v) is 3.24. The number of aromatic nitrogens is 3. The third-order valence-corrected chi connectivity index (χ3v) is 4.23. The Balaban J connectivity index is 2.16. The van der Waals surface area contributed by atoms with Crippen LogP contribution in [0.4, 0.5) is 0 Å². The van der Waals surface area contributed by atoms with E-state index in [1.54, 1.807) is 25.7 Å². The van der Waals surface area contributed by atoms with E-state index < -0.39 is 5.97 Å². The Morgan fingerprint density at radius 3 is 2.76 bits per heavy atom. The Kier molecular flexibility index (Phi) is 3.66. The average Bonchev–Trinajstić information content (AvgIpc) is 3.01. The van der Waals surface area contributed by atoms with Crippen LogP contribution in [-0.2, 0) is 11.3 Å². The molecule has 0 amide bonds. The van der Waals surface area contributed by atoms with Gasteiger partial charge in [-0.2, -0.15) is 0 Å². The Hall–Kier alpha value is -3.25. The van der Waals surface area contributed by atoms with Gasteiger partial charge in [0.25, 0.3) is 0 Å². The van der Waals surface area contributed by atoms with Crippen LogP contribution in [0.15, 0.2) is 48.9 Å². The molecule has 1 aromatic carbocycles. The van der Waals surface area contributed by atoms with Crippen molar-refractivity contribution in [2.45, 2.75) is 6.61 Å². The number of methoxy groups -OCH3 is 1. The molecule has 0 saturated carbocycles. The SMILES string of the molecule is COCc1c(C(=O)O)ncc2[nH]c3cccc(-c4cccnc4)c3c12. The highest BCUT2D eigenvalue weighted by Crippen LogP contribution is 2.36. The van der Waals surface area contributed by atoms with Crippen LogP contribution in [0.25, 0.3) is 32.9 Å². The van der Waals surface area contributed by atoms with Crippen molar-refractivity contribution in [2.24, 2.45) is 0 Å². The lowest BCUT2D eigenvalue weighted by molar-refractivity contribution is 0.0685. The molecule has 0 aliphatic heterocycles. The fourth-order valence-electron chi connectivity index (χ4n) is 3.24. The molecule has 0 bridgehead atoms. The molecule has 0 fully saturated rings. The van der Waals surface area contributed by atoms with E-state index in [0.717, 1.165) is 32.9 Å². The quantitative estimate of drug-likeness (QED) is 0.595. The molecule has 25 heavy (non-hydrogen) atoms. The summed E-state index contributed by atoms with van der Waals surface area (Å²) in [5.41, 5.74) is 4.22. The second-order valence-corrected chi connectivity index (χ2v) is 5.71. The third kappa shape index (κ3) is 2.43. The lowest BCUT2D eigenvalue weighted by Crippen LogP contribution is -2.07. The van der Waals surface area contributed by atoms with E-state index in [1.807, 2.05) is 30.3 Å². The molecular formula is C19H15N3O3. The fraction of sp³-hybridized carbons (Fsp3) is 0.105. The molecule has 4 rings (SSSR count). The van der Waals surface area contributed by atoms with Gasteiger partial charge in [-0.05, 0) is 17.7 Å². The highest BCUT2D eigenvalue weighted by molar-refractivity contribution is 6.16. The normalized spacial score (nSPS) is 11.2. The van der Waals surface area contributed by atoms with E-state index in [-0.39, 0.29) is 12.3 Å². The topological polar surface area (TPSA) is 88.1 Å². The smallest absolute Gasteiger partial charge is 0.354 e. The van der Waals surface area contributed by atoms with Crippen LogP contribution in [0, 0.1) is 0 Å². The zero-order valence-electron chi connectivity index (χ0n) is 13.5. The molecule has 4 aromatic rings. The molecule has 0 saturated heterocycles. The van der Waals surface area contributed by atoms with Crippen LogP contribution < -0.4 is 0 Å². The van der Waals surface area contributed by atoms with Gasteiger partial charge in [-0.25, -0.2) is 9.78 Å². The number of hydrogen-bond donors (Lipinski definition) is 2. The molecule has 124 valence electrons. The maximum atomic E-state index is 11.6. The number of carbonyl (C=O) groups is 1. The number of hydrogen-bond acceptors (Lipinski definition) is 4. The number of carboxylic acid groups (broad SMARTS) is 1. The number of nitrogens with zero attached hydrogens (tertiary/aromatic N) is 2. The van der Waals surface area contributed by atoms with E-state index in [2.05, 4.69) is 15.0 Å². The molecular weight excluding hydrogens is 318 g/mol. The number of pyridine rings is 2. The molecule has 0 aliphatic carbocycles. The monoisotopic (exact) mass is 333 g/mol. The van der Waals surface area contributed by atoms with Crippen LogP contribution in [0.1, 0.15) is 16.1 Å². The van der Waals surface area contributed by atoms with Crippen molar-refractivity contribution in [3.8, 4) is 11.1 Å². The summed E-state index contributed by atoms with van der Waals surface area (Å²) in [5.74, 6) is -1.07. The summed E-state index contributed by atoms with van der Waals surface area (Å²) < 4.78 is 5.26. The summed E-state index contributed by atoms with van der Waals surface area (Å²) in [5, 5.41) is 11.3. The molecule has 3 aromatic heterocycles. The minimum Gasteiger partial charge on any atom is -0.477 e. The predicted octanol–water partition coefficient (Wildman–Crippen LogP) is 3.62. The van der Waals surface area contributed by atoms with E-state index >= 15 is 0 Å². The Morgan fingerprint density at radius 2 is 2.04 bits per heavy atom. The number of carboxylic acids is 1. The van der Waals surface area contributed by atoms with Crippen molar-refractivity contribution in [3.63, 3.8) is 0 Å². The van der Waals surface area contributed by atoms with E-state index in [9.17, 15) is 9.90 Å². The van der Waals surface area contributed by atoms with Crippen molar-refractivity contribution < 1.29 is 14.6 Å². The maximum absolute atomic E-state index is 11.6. The molecule has 6 nitrogen and oxygen atoms in total. The van der Waals surface area contributed by atoms with Gasteiger partial charge in [0.1, 0.15) is 0 Å². The lowest BCUT2D eigenvalue weighted by Gasteiger charge is -2.09. The van der Waals surface area contributed by atoms with Crippen molar-refractivity contribution in [2.75, 3.05) is 7.11 Å². The standard InChI is InChI=1S/C19H15N3O3/c1-25-10-13-17-15(9-21-18(13)19(23)24)22-14-6-2-5-12(16(14)17)11-4-3-7-20-8-11/h2-9,22H,10H2,1H3,(H,23,24). The number of aromatic amines is 1. The second-order valence-electron chi connectivity index (χ2n) is 5.71. The van der Waals surface area contributed by atoms with Gasteiger partial charge >= 0.3 is 5.97 Å². The van der Waals surface area contributed by atoms with Gasteiger partial charge < -0.3 is 14.8 Å².